The third kappa shape index (κ3) is 3.13. The van der Waals surface area contributed by atoms with Crippen molar-refractivity contribution in [3.63, 3.8) is 0 Å². The molecule has 15 heavy (non-hydrogen) atoms. The molecule has 3 heteroatoms. The van der Waals surface area contributed by atoms with E-state index in [0.29, 0.717) is 12.5 Å². The molecule has 0 unspecified atom stereocenters. The van der Waals surface area contributed by atoms with Crippen LogP contribution in [0.2, 0.25) is 0 Å². The predicted molar refractivity (Wildman–Crippen MR) is 56.8 cm³/mol. The molecule has 0 fully saturated rings. The average molecular weight is 203 g/mol. The summed E-state index contributed by atoms with van der Waals surface area (Å²) >= 11 is 0. The van der Waals surface area contributed by atoms with E-state index in [0.717, 1.165) is 12.8 Å². The highest BCUT2D eigenvalue weighted by Gasteiger charge is 1.96. The molecule has 0 amide bonds. The molecule has 1 aromatic heterocycles. The molecule has 2 aromatic rings. The van der Waals surface area contributed by atoms with E-state index in [1.54, 1.807) is 6.07 Å². The first-order valence-corrected chi connectivity index (χ1v) is 5.02. The molecule has 0 spiro atoms. The van der Waals surface area contributed by atoms with E-state index < -0.39 is 0 Å². The van der Waals surface area contributed by atoms with Crippen molar-refractivity contribution in [2.24, 2.45) is 0 Å². The summed E-state index contributed by atoms with van der Waals surface area (Å²) in [6.07, 6.45) is 3.52. The minimum absolute atomic E-state index is 0.558. The van der Waals surface area contributed by atoms with Crippen LogP contribution in [0.3, 0.4) is 0 Å². The lowest BCUT2D eigenvalue weighted by atomic mass is 10.1. The van der Waals surface area contributed by atoms with Crippen LogP contribution in [0.4, 0.5) is 0 Å². The number of hydrogen-bond acceptors (Lipinski definition) is 3. The van der Waals surface area contributed by atoms with Crippen molar-refractivity contribution >= 4 is 0 Å². The van der Waals surface area contributed by atoms with Crippen LogP contribution < -0.4 is 4.74 Å². The molecule has 0 bridgehead atoms. The quantitative estimate of drug-likeness (QED) is 0.701. The summed E-state index contributed by atoms with van der Waals surface area (Å²) in [6.45, 7) is 0.668. The van der Waals surface area contributed by atoms with Crippen LogP contribution in [0.25, 0.3) is 0 Å². The van der Waals surface area contributed by atoms with Crippen LogP contribution in [0.15, 0.2) is 47.2 Å². The second kappa shape index (κ2) is 5.20. The lowest BCUT2D eigenvalue weighted by molar-refractivity contribution is 0.275. The van der Waals surface area contributed by atoms with Gasteiger partial charge < -0.3 is 9.26 Å². The normalized spacial score (nSPS) is 10.1. The molecule has 78 valence electrons. The van der Waals surface area contributed by atoms with Crippen LogP contribution in [-0.4, -0.2) is 11.8 Å². The second-order valence-corrected chi connectivity index (χ2v) is 3.28. The van der Waals surface area contributed by atoms with Gasteiger partial charge in [0.15, 0.2) is 0 Å². The summed E-state index contributed by atoms with van der Waals surface area (Å²) < 4.78 is 10.0. The molecule has 0 N–H and O–H groups in total. The van der Waals surface area contributed by atoms with Gasteiger partial charge in [0, 0.05) is 6.07 Å². The monoisotopic (exact) mass is 203 g/mol. The lowest BCUT2D eigenvalue weighted by Gasteiger charge is -2.02. The van der Waals surface area contributed by atoms with Gasteiger partial charge in [-0.05, 0) is 23.6 Å². The molecule has 2 rings (SSSR count). The van der Waals surface area contributed by atoms with Gasteiger partial charge in [0.2, 0.25) is 0 Å². The van der Waals surface area contributed by atoms with Gasteiger partial charge in [-0.3, -0.25) is 0 Å². The van der Waals surface area contributed by atoms with E-state index in [9.17, 15) is 0 Å². The van der Waals surface area contributed by atoms with Gasteiger partial charge in [0.25, 0.3) is 5.88 Å². The molecule has 0 saturated carbocycles. The first kappa shape index (κ1) is 9.77. The Kier molecular flexibility index (Phi) is 3.38. The Balaban J connectivity index is 1.68. The number of rotatable bonds is 5. The standard InChI is InChI=1S/C12H13NO2/c1-2-5-11(6-3-1)7-4-9-14-12-8-10-15-13-12/h1-3,5-6,8,10H,4,7,9H2. The van der Waals surface area contributed by atoms with Crippen molar-refractivity contribution in [2.75, 3.05) is 6.61 Å². The highest BCUT2D eigenvalue weighted by Crippen LogP contribution is 2.06. The van der Waals surface area contributed by atoms with E-state index >= 15 is 0 Å². The van der Waals surface area contributed by atoms with Gasteiger partial charge in [-0.2, -0.15) is 0 Å². The van der Waals surface area contributed by atoms with Gasteiger partial charge in [-0.25, -0.2) is 0 Å². The summed E-state index contributed by atoms with van der Waals surface area (Å²) in [5, 5.41) is 3.66. The van der Waals surface area contributed by atoms with E-state index in [4.69, 9.17) is 4.74 Å². The Morgan fingerprint density at radius 2 is 2.00 bits per heavy atom. The number of benzene rings is 1. The highest BCUT2D eigenvalue weighted by molar-refractivity contribution is 5.14. The molecule has 0 aliphatic rings. The lowest BCUT2D eigenvalue weighted by Crippen LogP contribution is -1.99. The fourth-order valence-electron chi connectivity index (χ4n) is 1.37. The Hall–Kier alpha value is -1.77. The van der Waals surface area contributed by atoms with E-state index in [2.05, 4.69) is 21.8 Å². The number of aromatic nitrogens is 1. The van der Waals surface area contributed by atoms with Crippen LogP contribution in [-0.2, 0) is 6.42 Å². The summed E-state index contributed by atoms with van der Waals surface area (Å²) in [7, 11) is 0. The number of nitrogens with zero attached hydrogens (tertiary/aromatic N) is 1. The van der Waals surface area contributed by atoms with Crippen LogP contribution in [0, 0.1) is 0 Å². The van der Waals surface area contributed by atoms with Crippen molar-refractivity contribution in [1.82, 2.24) is 5.16 Å². The topological polar surface area (TPSA) is 35.3 Å². The van der Waals surface area contributed by atoms with Crippen molar-refractivity contribution in [3.8, 4) is 5.88 Å². The summed E-state index contributed by atoms with van der Waals surface area (Å²) in [5.74, 6) is 0.558. The van der Waals surface area contributed by atoms with Crippen LogP contribution in [0.5, 0.6) is 5.88 Å². The largest absolute Gasteiger partial charge is 0.475 e. The summed E-state index contributed by atoms with van der Waals surface area (Å²) in [5.41, 5.74) is 1.33. The van der Waals surface area contributed by atoms with Gasteiger partial charge >= 0.3 is 0 Å². The second-order valence-electron chi connectivity index (χ2n) is 3.28. The molecule has 1 heterocycles. The summed E-state index contributed by atoms with van der Waals surface area (Å²) in [6, 6.07) is 12.1. The molecular formula is C12H13NO2. The molecule has 1 aromatic carbocycles. The number of hydrogen-bond donors (Lipinski definition) is 0. The average Bonchev–Trinajstić information content (AvgIpc) is 2.79. The number of aryl methyl sites for hydroxylation is 1. The van der Waals surface area contributed by atoms with Gasteiger partial charge in [-0.1, -0.05) is 30.3 Å². The van der Waals surface area contributed by atoms with E-state index in [-0.39, 0.29) is 0 Å². The summed E-state index contributed by atoms with van der Waals surface area (Å²) in [4.78, 5) is 0. The molecule has 0 aliphatic heterocycles. The van der Waals surface area contributed by atoms with Crippen molar-refractivity contribution in [1.29, 1.82) is 0 Å². The maximum atomic E-state index is 5.36. The van der Waals surface area contributed by atoms with Crippen molar-refractivity contribution < 1.29 is 9.26 Å². The van der Waals surface area contributed by atoms with Gasteiger partial charge in [0.05, 0.1) is 6.61 Å². The Labute approximate surface area is 88.7 Å². The van der Waals surface area contributed by atoms with Crippen molar-refractivity contribution in [3.05, 3.63) is 48.2 Å². The third-order valence-electron chi connectivity index (χ3n) is 2.12. The fraction of sp³-hybridized carbons (Fsp3) is 0.250. The molecule has 0 aliphatic carbocycles. The Bertz CT molecular complexity index is 370. The molecule has 3 nitrogen and oxygen atoms in total. The third-order valence-corrected chi connectivity index (χ3v) is 2.12. The van der Waals surface area contributed by atoms with Crippen molar-refractivity contribution in [2.45, 2.75) is 12.8 Å². The Morgan fingerprint density at radius 3 is 2.73 bits per heavy atom. The maximum Gasteiger partial charge on any atom is 0.253 e. The molecule has 0 atom stereocenters. The molecular weight excluding hydrogens is 190 g/mol. The SMILES string of the molecule is c1ccc(CCCOc2ccon2)cc1. The molecule has 0 radical (unpaired) electrons. The zero-order valence-electron chi connectivity index (χ0n) is 8.43. The number of ether oxygens (including phenoxy) is 1. The first-order chi connectivity index (χ1) is 7.45. The zero-order chi connectivity index (χ0) is 10.3. The fourth-order valence-corrected chi connectivity index (χ4v) is 1.37. The van der Waals surface area contributed by atoms with Crippen LogP contribution >= 0.6 is 0 Å². The minimum Gasteiger partial charge on any atom is -0.475 e. The zero-order valence-corrected chi connectivity index (χ0v) is 8.43. The van der Waals surface area contributed by atoms with E-state index in [1.807, 2.05) is 18.2 Å². The van der Waals surface area contributed by atoms with E-state index in [1.165, 1.54) is 11.8 Å². The Morgan fingerprint density at radius 1 is 1.13 bits per heavy atom. The smallest absolute Gasteiger partial charge is 0.253 e. The minimum atomic E-state index is 0.558. The highest BCUT2D eigenvalue weighted by atomic mass is 16.5. The molecule has 0 saturated heterocycles. The van der Waals surface area contributed by atoms with Crippen LogP contribution in [0.1, 0.15) is 12.0 Å². The maximum absolute atomic E-state index is 5.36. The van der Waals surface area contributed by atoms with Gasteiger partial charge in [-0.15, -0.1) is 0 Å². The predicted octanol–water partition coefficient (Wildman–Crippen LogP) is 2.69. The first-order valence-electron chi connectivity index (χ1n) is 5.02. The van der Waals surface area contributed by atoms with Gasteiger partial charge in [0.1, 0.15) is 6.26 Å².